The highest BCUT2D eigenvalue weighted by molar-refractivity contribution is 5.80. The zero-order valence-corrected chi connectivity index (χ0v) is 8.18. The summed E-state index contributed by atoms with van der Waals surface area (Å²) in [6.45, 7) is 6.06. The predicted molar refractivity (Wildman–Crippen MR) is 47.7 cm³/mol. The third-order valence-electron chi connectivity index (χ3n) is 2.49. The Kier molecular flexibility index (Phi) is 2.27. The molecule has 2 nitrogen and oxygen atoms in total. The molecule has 1 aliphatic carbocycles. The van der Waals surface area contributed by atoms with Gasteiger partial charge in [0, 0.05) is 0 Å². The van der Waals surface area contributed by atoms with Crippen molar-refractivity contribution in [3.8, 4) is 0 Å². The monoisotopic (exact) mass is 168 g/mol. The lowest BCUT2D eigenvalue weighted by Gasteiger charge is -2.05. The topological polar surface area (TPSA) is 26.3 Å². The fourth-order valence-corrected chi connectivity index (χ4v) is 1.51. The van der Waals surface area contributed by atoms with Gasteiger partial charge in [0.05, 0.1) is 12.5 Å². The van der Waals surface area contributed by atoms with E-state index in [1.54, 1.807) is 0 Å². The van der Waals surface area contributed by atoms with Gasteiger partial charge in [-0.25, -0.2) is 0 Å². The average molecular weight is 168 g/mol. The average Bonchev–Trinajstić information content (AvgIpc) is 2.60. The highest BCUT2D eigenvalue weighted by Crippen LogP contribution is 2.54. The standard InChI is InChI=1S/C10H16O2/c1-7(2)5-8-6-10(8,3)9(11)12-4/h5,8H,6H2,1-4H3. The lowest BCUT2D eigenvalue weighted by atomic mass is 10.1. The van der Waals surface area contributed by atoms with E-state index in [0.717, 1.165) is 6.42 Å². The number of esters is 1. The van der Waals surface area contributed by atoms with E-state index >= 15 is 0 Å². The van der Waals surface area contributed by atoms with Gasteiger partial charge in [-0.1, -0.05) is 11.6 Å². The number of rotatable bonds is 2. The van der Waals surface area contributed by atoms with Gasteiger partial charge in [0.15, 0.2) is 0 Å². The molecule has 0 amide bonds. The van der Waals surface area contributed by atoms with Crippen molar-refractivity contribution in [1.82, 2.24) is 0 Å². The molecule has 1 rings (SSSR count). The zero-order valence-electron chi connectivity index (χ0n) is 8.18. The van der Waals surface area contributed by atoms with Crippen LogP contribution < -0.4 is 0 Å². The van der Waals surface area contributed by atoms with E-state index in [4.69, 9.17) is 4.74 Å². The van der Waals surface area contributed by atoms with Crippen LogP contribution >= 0.6 is 0 Å². The lowest BCUT2D eigenvalue weighted by molar-refractivity contribution is -0.146. The molecular weight excluding hydrogens is 152 g/mol. The van der Waals surface area contributed by atoms with Gasteiger partial charge < -0.3 is 4.74 Å². The highest BCUT2D eigenvalue weighted by atomic mass is 16.5. The molecule has 2 atom stereocenters. The van der Waals surface area contributed by atoms with Gasteiger partial charge in [-0.15, -0.1) is 0 Å². The van der Waals surface area contributed by atoms with Gasteiger partial charge in [-0.3, -0.25) is 4.79 Å². The Bertz CT molecular complexity index is 226. The van der Waals surface area contributed by atoms with Crippen molar-refractivity contribution >= 4 is 5.97 Å². The fraction of sp³-hybridized carbons (Fsp3) is 0.700. The Morgan fingerprint density at radius 3 is 2.58 bits per heavy atom. The van der Waals surface area contributed by atoms with Crippen LogP contribution in [0.2, 0.25) is 0 Å². The van der Waals surface area contributed by atoms with Crippen molar-refractivity contribution in [1.29, 1.82) is 0 Å². The van der Waals surface area contributed by atoms with Crippen LogP contribution in [-0.4, -0.2) is 13.1 Å². The van der Waals surface area contributed by atoms with Gasteiger partial charge >= 0.3 is 5.97 Å². The Morgan fingerprint density at radius 1 is 1.58 bits per heavy atom. The molecule has 0 spiro atoms. The molecule has 0 aromatic heterocycles. The summed E-state index contributed by atoms with van der Waals surface area (Å²) in [5.41, 5.74) is 1.04. The summed E-state index contributed by atoms with van der Waals surface area (Å²) in [5.74, 6) is 0.319. The Hall–Kier alpha value is -0.790. The number of hydrogen-bond donors (Lipinski definition) is 0. The van der Waals surface area contributed by atoms with Crippen molar-refractivity contribution in [2.24, 2.45) is 11.3 Å². The summed E-state index contributed by atoms with van der Waals surface area (Å²) < 4.78 is 4.72. The minimum atomic E-state index is -0.230. The van der Waals surface area contributed by atoms with Crippen LogP contribution in [0.4, 0.5) is 0 Å². The molecule has 2 heteroatoms. The highest BCUT2D eigenvalue weighted by Gasteiger charge is 2.55. The van der Waals surface area contributed by atoms with E-state index in [1.807, 2.05) is 6.92 Å². The Labute approximate surface area is 73.6 Å². The van der Waals surface area contributed by atoms with E-state index in [9.17, 15) is 4.79 Å². The molecule has 0 aliphatic heterocycles. The predicted octanol–water partition coefficient (Wildman–Crippen LogP) is 2.15. The van der Waals surface area contributed by atoms with Crippen LogP contribution in [-0.2, 0) is 9.53 Å². The first-order valence-electron chi connectivity index (χ1n) is 4.24. The molecular formula is C10H16O2. The SMILES string of the molecule is COC(=O)C1(C)CC1C=C(C)C. The van der Waals surface area contributed by atoms with Crippen molar-refractivity contribution in [2.45, 2.75) is 27.2 Å². The number of carbonyl (C=O) groups excluding carboxylic acids is 1. The van der Waals surface area contributed by atoms with Crippen LogP contribution in [0, 0.1) is 11.3 Å². The third-order valence-corrected chi connectivity index (χ3v) is 2.49. The summed E-state index contributed by atoms with van der Waals surface area (Å²) in [6.07, 6.45) is 3.09. The number of allylic oxidation sites excluding steroid dienone is 2. The van der Waals surface area contributed by atoms with E-state index in [1.165, 1.54) is 12.7 Å². The largest absolute Gasteiger partial charge is 0.469 e. The number of ether oxygens (including phenoxy) is 1. The Balaban J connectivity index is 2.60. The fourth-order valence-electron chi connectivity index (χ4n) is 1.51. The summed E-state index contributed by atoms with van der Waals surface area (Å²) in [7, 11) is 1.45. The van der Waals surface area contributed by atoms with Crippen LogP contribution in [0.15, 0.2) is 11.6 Å². The number of carbonyl (C=O) groups is 1. The van der Waals surface area contributed by atoms with E-state index in [-0.39, 0.29) is 11.4 Å². The van der Waals surface area contributed by atoms with Gasteiger partial charge in [0.2, 0.25) is 0 Å². The van der Waals surface area contributed by atoms with Gasteiger partial charge in [-0.05, 0) is 33.1 Å². The molecule has 1 fully saturated rings. The summed E-state index contributed by atoms with van der Waals surface area (Å²) in [4.78, 5) is 11.2. The maximum absolute atomic E-state index is 11.2. The first kappa shape index (κ1) is 9.30. The van der Waals surface area contributed by atoms with Gasteiger partial charge in [0.25, 0.3) is 0 Å². The molecule has 2 unspecified atom stereocenters. The van der Waals surface area contributed by atoms with Crippen LogP contribution in [0.5, 0.6) is 0 Å². The van der Waals surface area contributed by atoms with Crippen LogP contribution in [0.1, 0.15) is 27.2 Å². The van der Waals surface area contributed by atoms with E-state index < -0.39 is 0 Å². The lowest BCUT2D eigenvalue weighted by Crippen LogP contribution is -2.15. The molecule has 0 heterocycles. The molecule has 1 saturated carbocycles. The van der Waals surface area contributed by atoms with Gasteiger partial charge in [-0.2, -0.15) is 0 Å². The van der Waals surface area contributed by atoms with E-state index in [2.05, 4.69) is 19.9 Å². The molecule has 12 heavy (non-hydrogen) atoms. The molecule has 1 aliphatic rings. The minimum Gasteiger partial charge on any atom is -0.469 e. The second-order valence-electron chi connectivity index (χ2n) is 3.96. The smallest absolute Gasteiger partial charge is 0.312 e. The molecule has 0 aromatic rings. The first-order valence-corrected chi connectivity index (χ1v) is 4.24. The normalized spacial score (nSPS) is 32.5. The number of methoxy groups -OCH3 is 1. The van der Waals surface area contributed by atoms with Crippen molar-refractivity contribution in [2.75, 3.05) is 7.11 Å². The molecule has 68 valence electrons. The van der Waals surface area contributed by atoms with Crippen molar-refractivity contribution in [3.05, 3.63) is 11.6 Å². The molecule has 0 bridgehead atoms. The molecule has 0 aromatic carbocycles. The summed E-state index contributed by atoms with van der Waals surface area (Å²) in [6, 6.07) is 0. The number of hydrogen-bond acceptors (Lipinski definition) is 2. The van der Waals surface area contributed by atoms with Crippen LogP contribution in [0.25, 0.3) is 0 Å². The van der Waals surface area contributed by atoms with Crippen LogP contribution in [0.3, 0.4) is 0 Å². The molecule has 0 N–H and O–H groups in total. The van der Waals surface area contributed by atoms with Gasteiger partial charge in [0.1, 0.15) is 0 Å². The second-order valence-corrected chi connectivity index (χ2v) is 3.96. The molecule has 0 radical (unpaired) electrons. The zero-order chi connectivity index (χ0) is 9.35. The maximum Gasteiger partial charge on any atom is 0.312 e. The van der Waals surface area contributed by atoms with Crippen molar-refractivity contribution < 1.29 is 9.53 Å². The first-order chi connectivity index (χ1) is 5.50. The minimum absolute atomic E-state index is 0.0787. The second kappa shape index (κ2) is 2.92. The summed E-state index contributed by atoms with van der Waals surface area (Å²) >= 11 is 0. The summed E-state index contributed by atoms with van der Waals surface area (Å²) in [5, 5.41) is 0. The Morgan fingerprint density at radius 2 is 2.17 bits per heavy atom. The third kappa shape index (κ3) is 1.52. The maximum atomic E-state index is 11.2. The molecule has 0 saturated heterocycles. The van der Waals surface area contributed by atoms with E-state index in [0.29, 0.717) is 5.92 Å². The van der Waals surface area contributed by atoms with Crippen molar-refractivity contribution in [3.63, 3.8) is 0 Å². The quantitative estimate of drug-likeness (QED) is 0.466.